The van der Waals surface area contributed by atoms with Gasteiger partial charge in [0.15, 0.2) is 0 Å². The van der Waals surface area contributed by atoms with Gasteiger partial charge in [-0.05, 0) is 73.7 Å². The number of nitrogens with one attached hydrogen (secondary N) is 1. The van der Waals surface area contributed by atoms with Crippen molar-refractivity contribution in [2.45, 2.75) is 51.5 Å². The van der Waals surface area contributed by atoms with E-state index in [-0.39, 0.29) is 5.82 Å². The molecular weight excluding hydrogens is 329 g/mol. The lowest BCUT2D eigenvalue weighted by atomic mass is 9.99. The average molecular weight is 354 g/mol. The highest BCUT2D eigenvalue weighted by atomic mass is 79.9. The Morgan fingerprint density at radius 2 is 1.95 bits per heavy atom. The first-order valence-electron chi connectivity index (χ1n) is 8.37. The first-order valence-corrected chi connectivity index (χ1v) is 9.16. The lowest BCUT2D eigenvalue weighted by Gasteiger charge is -2.19. The van der Waals surface area contributed by atoms with Crippen LogP contribution >= 0.6 is 15.9 Å². The molecule has 2 aliphatic rings. The number of benzene rings is 1. The number of hydrogen-bond donors (Lipinski definition) is 1. The molecule has 116 valence electrons. The summed E-state index contributed by atoms with van der Waals surface area (Å²) in [6, 6.07) is 5.81. The normalized spacial score (nSPS) is 29.0. The van der Waals surface area contributed by atoms with E-state index in [4.69, 9.17) is 0 Å². The van der Waals surface area contributed by atoms with Gasteiger partial charge in [-0.15, -0.1) is 0 Å². The number of hydrogen-bond acceptors (Lipinski definition) is 1. The largest absolute Gasteiger partial charge is 0.313 e. The molecular formula is C18H25BrFN. The summed E-state index contributed by atoms with van der Waals surface area (Å²) >= 11 is 3.41. The van der Waals surface area contributed by atoms with Crippen molar-refractivity contribution in [2.24, 2.45) is 17.8 Å². The molecule has 21 heavy (non-hydrogen) atoms. The van der Waals surface area contributed by atoms with Gasteiger partial charge in [0, 0.05) is 10.5 Å². The van der Waals surface area contributed by atoms with Crippen LogP contribution in [-0.2, 0) is 6.42 Å². The van der Waals surface area contributed by atoms with Crippen molar-refractivity contribution in [2.75, 3.05) is 6.54 Å². The molecule has 3 unspecified atom stereocenters. The molecule has 2 saturated carbocycles. The van der Waals surface area contributed by atoms with E-state index in [2.05, 4.69) is 34.2 Å². The first kappa shape index (κ1) is 15.5. The molecule has 0 saturated heterocycles. The second kappa shape index (κ2) is 6.78. The average Bonchev–Trinajstić information content (AvgIpc) is 3.16. The van der Waals surface area contributed by atoms with E-state index in [9.17, 15) is 4.39 Å². The molecule has 3 rings (SSSR count). The molecule has 2 aliphatic carbocycles. The highest BCUT2D eigenvalue weighted by Gasteiger charge is 2.53. The summed E-state index contributed by atoms with van der Waals surface area (Å²) in [6.07, 6.45) is 7.74. The highest BCUT2D eigenvalue weighted by Crippen LogP contribution is 2.57. The summed E-state index contributed by atoms with van der Waals surface area (Å²) in [7, 11) is 0. The fourth-order valence-corrected chi connectivity index (χ4v) is 4.81. The Morgan fingerprint density at radius 1 is 1.24 bits per heavy atom. The molecule has 0 spiro atoms. The zero-order valence-electron chi connectivity index (χ0n) is 12.7. The molecule has 3 atom stereocenters. The zero-order valence-corrected chi connectivity index (χ0v) is 14.3. The summed E-state index contributed by atoms with van der Waals surface area (Å²) in [6.45, 7) is 3.28. The molecule has 0 amide bonds. The van der Waals surface area contributed by atoms with Crippen molar-refractivity contribution in [3.8, 4) is 0 Å². The molecule has 2 fully saturated rings. The number of rotatable bonds is 6. The van der Waals surface area contributed by atoms with E-state index >= 15 is 0 Å². The molecule has 0 aliphatic heterocycles. The Kier molecular flexibility index (Phi) is 5.00. The van der Waals surface area contributed by atoms with Crippen molar-refractivity contribution in [1.82, 2.24) is 5.32 Å². The van der Waals surface area contributed by atoms with Gasteiger partial charge in [-0.25, -0.2) is 4.39 Å². The van der Waals surface area contributed by atoms with Gasteiger partial charge in [-0.1, -0.05) is 35.7 Å². The van der Waals surface area contributed by atoms with Gasteiger partial charge in [0.2, 0.25) is 0 Å². The fraction of sp³-hybridized carbons (Fsp3) is 0.667. The Morgan fingerprint density at radius 3 is 2.57 bits per heavy atom. The van der Waals surface area contributed by atoms with Crippen molar-refractivity contribution in [3.05, 3.63) is 34.1 Å². The van der Waals surface area contributed by atoms with E-state index in [0.29, 0.717) is 6.04 Å². The van der Waals surface area contributed by atoms with E-state index in [1.54, 1.807) is 6.07 Å². The SMILES string of the molecule is CCCNC(Cc1cc(F)cc(Br)c1)C1C2CCCCC21. The Balaban J connectivity index is 1.70. The third-order valence-electron chi connectivity index (χ3n) is 5.22. The van der Waals surface area contributed by atoms with E-state index in [1.807, 2.05) is 0 Å². The van der Waals surface area contributed by atoms with Crippen LogP contribution in [0.5, 0.6) is 0 Å². The van der Waals surface area contributed by atoms with Gasteiger partial charge in [0.05, 0.1) is 0 Å². The molecule has 0 bridgehead atoms. The minimum atomic E-state index is -0.137. The Bertz CT molecular complexity index is 458. The summed E-state index contributed by atoms with van der Waals surface area (Å²) < 4.78 is 14.4. The zero-order chi connectivity index (χ0) is 14.8. The van der Waals surface area contributed by atoms with Gasteiger partial charge in [-0.3, -0.25) is 0 Å². The monoisotopic (exact) mass is 353 g/mol. The van der Waals surface area contributed by atoms with Crippen LogP contribution in [0, 0.1) is 23.6 Å². The summed E-state index contributed by atoms with van der Waals surface area (Å²) in [4.78, 5) is 0. The molecule has 1 aromatic rings. The van der Waals surface area contributed by atoms with Crippen molar-refractivity contribution in [1.29, 1.82) is 0 Å². The maximum atomic E-state index is 13.6. The summed E-state index contributed by atoms with van der Waals surface area (Å²) in [5.74, 6) is 2.55. The second-order valence-electron chi connectivity index (χ2n) is 6.73. The molecule has 0 heterocycles. The quantitative estimate of drug-likeness (QED) is 0.763. The van der Waals surface area contributed by atoms with Gasteiger partial charge < -0.3 is 5.32 Å². The topological polar surface area (TPSA) is 12.0 Å². The maximum Gasteiger partial charge on any atom is 0.124 e. The van der Waals surface area contributed by atoms with Crippen molar-refractivity contribution < 1.29 is 4.39 Å². The van der Waals surface area contributed by atoms with Crippen LogP contribution in [0.3, 0.4) is 0 Å². The third kappa shape index (κ3) is 3.68. The van der Waals surface area contributed by atoms with E-state index in [0.717, 1.165) is 47.2 Å². The minimum absolute atomic E-state index is 0.137. The van der Waals surface area contributed by atoms with Gasteiger partial charge in [0.25, 0.3) is 0 Å². The van der Waals surface area contributed by atoms with Crippen molar-refractivity contribution in [3.63, 3.8) is 0 Å². The predicted octanol–water partition coefficient (Wildman–Crippen LogP) is 4.94. The lowest BCUT2D eigenvalue weighted by molar-refractivity contribution is 0.427. The standard InChI is InChI=1S/C18H25BrFN/c1-2-7-21-17(18-15-5-3-4-6-16(15)18)10-12-8-13(19)11-14(20)9-12/h8-9,11,15-18,21H,2-7,10H2,1H3. The maximum absolute atomic E-state index is 13.6. The molecule has 0 radical (unpaired) electrons. The molecule has 0 aromatic heterocycles. The Labute approximate surface area is 135 Å². The van der Waals surface area contributed by atoms with Gasteiger partial charge in [-0.2, -0.15) is 0 Å². The van der Waals surface area contributed by atoms with E-state index < -0.39 is 0 Å². The van der Waals surface area contributed by atoms with Gasteiger partial charge >= 0.3 is 0 Å². The minimum Gasteiger partial charge on any atom is -0.313 e. The van der Waals surface area contributed by atoms with Gasteiger partial charge in [0.1, 0.15) is 5.82 Å². The molecule has 3 heteroatoms. The number of halogens is 2. The predicted molar refractivity (Wildman–Crippen MR) is 88.8 cm³/mol. The Hall–Kier alpha value is -0.410. The first-order chi connectivity index (χ1) is 10.2. The van der Waals surface area contributed by atoms with Crippen molar-refractivity contribution >= 4 is 15.9 Å². The van der Waals surface area contributed by atoms with E-state index in [1.165, 1.54) is 31.7 Å². The van der Waals surface area contributed by atoms with Crippen LogP contribution in [0.25, 0.3) is 0 Å². The lowest BCUT2D eigenvalue weighted by Crippen LogP contribution is -2.35. The van der Waals surface area contributed by atoms with Crippen LogP contribution in [0.1, 0.15) is 44.6 Å². The third-order valence-corrected chi connectivity index (χ3v) is 5.68. The van der Waals surface area contributed by atoms with Crippen LogP contribution < -0.4 is 5.32 Å². The van der Waals surface area contributed by atoms with Crippen LogP contribution in [0.2, 0.25) is 0 Å². The van der Waals surface area contributed by atoms with Crippen LogP contribution in [-0.4, -0.2) is 12.6 Å². The highest BCUT2D eigenvalue weighted by molar-refractivity contribution is 9.10. The fourth-order valence-electron chi connectivity index (χ4n) is 4.30. The van der Waals surface area contributed by atoms with Crippen LogP contribution in [0.15, 0.2) is 22.7 Å². The molecule has 1 N–H and O–H groups in total. The second-order valence-corrected chi connectivity index (χ2v) is 7.65. The molecule has 1 aromatic carbocycles. The number of fused-ring (bicyclic) bond motifs is 1. The molecule has 1 nitrogen and oxygen atoms in total. The summed E-state index contributed by atoms with van der Waals surface area (Å²) in [5.41, 5.74) is 1.11. The van der Waals surface area contributed by atoms with Crippen LogP contribution in [0.4, 0.5) is 4.39 Å². The summed E-state index contributed by atoms with van der Waals surface area (Å²) in [5, 5.41) is 3.74. The smallest absolute Gasteiger partial charge is 0.124 e.